The smallest absolute Gasteiger partial charge is 0.418 e. The SMILES string of the molecule is COC(=O)C(C#N)c1c(C(C)(C)C)c2ccccc2n1C(=O)OC. The maximum absolute atomic E-state index is 12.4. The van der Waals surface area contributed by atoms with Crippen molar-refractivity contribution in [1.29, 1.82) is 5.26 Å². The third-order valence-corrected chi connectivity index (χ3v) is 3.86. The zero-order valence-corrected chi connectivity index (χ0v) is 14.4. The van der Waals surface area contributed by atoms with Crippen LogP contribution < -0.4 is 0 Å². The molecule has 0 N–H and O–H groups in total. The second kappa shape index (κ2) is 6.36. The highest BCUT2D eigenvalue weighted by atomic mass is 16.5. The monoisotopic (exact) mass is 328 g/mol. The summed E-state index contributed by atoms with van der Waals surface area (Å²) in [5.74, 6) is -1.94. The highest BCUT2D eigenvalue weighted by Gasteiger charge is 2.36. The number of aromatic nitrogens is 1. The molecule has 0 fully saturated rings. The predicted octanol–water partition coefficient (Wildman–Crippen LogP) is 3.33. The van der Waals surface area contributed by atoms with Crippen LogP contribution in [0.2, 0.25) is 0 Å². The fraction of sp³-hybridized carbons (Fsp3) is 0.389. The Balaban J connectivity index is 3.01. The van der Waals surface area contributed by atoms with Gasteiger partial charge in [-0.3, -0.25) is 4.79 Å². The van der Waals surface area contributed by atoms with Crippen molar-refractivity contribution >= 4 is 23.0 Å². The van der Waals surface area contributed by atoms with Crippen LogP contribution in [0.5, 0.6) is 0 Å². The highest BCUT2D eigenvalue weighted by Crippen LogP contribution is 2.39. The molecule has 0 spiro atoms. The van der Waals surface area contributed by atoms with E-state index in [1.165, 1.54) is 18.8 Å². The number of nitrogens with zero attached hydrogens (tertiary/aromatic N) is 2. The Morgan fingerprint density at radius 2 is 1.79 bits per heavy atom. The first kappa shape index (κ1) is 17.5. The molecule has 126 valence electrons. The van der Waals surface area contributed by atoms with E-state index in [9.17, 15) is 14.9 Å². The first-order valence-corrected chi connectivity index (χ1v) is 7.47. The van der Waals surface area contributed by atoms with Gasteiger partial charge in [-0.15, -0.1) is 0 Å². The zero-order chi connectivity index (χ0) is 18.1. The number of esters is 1. The minimum atomic E-state index is -1.23. The summed E-state index contributed by atoms with van der Waals surface area (Å²) in [4.78, 5) is 24.6. The van der Waals surface area contributed by atoms with Gasteiger partial charge in [0.25, 0.3) is 0 Å². The molecule has 0 saturated carbocycles. The number of hydrogen-bond acceptors (Lipinski definition) is 5. The van der Waals surface area contributed by atoms with E-state index < -0.39 is 23.4 Å². The molecule has 1 atom stereocenters. The quantitative estimate of drug-likeness (QED) is 0.790. The molecule has 1 heterocycles. The van der Waals surface area contributed by atoms with Crippen molar-refractivity contribution in [3.63, 3.8) is 0 Å². The van der Waals surface area contributed by atoms with Crippen molar-refractivity contribution in [1.82, 2.24) is 4.57 Å². The largest absolute Gasteiger partial charge is 0.468 e. The molecule has 1 aromatic heterocycles. The van der Waals surface area contributed by atoms with Gasteiger partial charge in [0.1, 0.15) is 0 Å². The molecule has 0 aliphatic heterocycles. The van der Waals surface area contributed by atoms with E-state index in [1.807, 2.05) is 39.0 Å². The van der Waals surface area contributed by atoms with Gasteiger partial charge in [-0.05, 0) is 17.0 Å². The van der Waals surface area contributed by atoms with Crippen LogP contribution >= 0.6 is 0 Å². The van der Waals surface area contributed by atoms with Gasteiger partial charge in [0.2, 0.25) is 0 Å². The Bertz CT molecular complexity index is 837. The number of benzene rings is 1. The molecule has 2 aromatic rings. The number of rotatable bonds is 2. The molecule has 0 saturated heterocycles. The molecule has 0 bridgehead atoms. The maximum atomic E-state index is 12.4. The van der Waals surface area contributed by atoms with Crippen LogP contribution in [0.4, 0.5) is 4.79 Å². The summed E-state index contributed by atoms with van der Waals surface area (Å²) in [5, 5.41) is 10.4. The van der Waals surface area contributed by atoms with Crippen molar-refractivity contribution in [2.45, 2.75) is 32.1 Å². The molecule has 1 unspecified atom stereocenters. The first-order chi connectivity index (χ1) is 11.3. The molecule has 6 heteroatoms. The number of carbonyl (C=O) groups excluding carboxylic acids is 2. The molecule has 0 aliphatic rings. The molecule has 24 heavy (non-hydrogen) atoms. The molecule has 2 rings (SSSR count). The molecular weight excluding hydrogens is 308 g/mol. The van der Waals surface area contributed by atoms with Crippen LogP contribution in [0.15, 0.2) is 24.3 Å². The van der Waals surface area contributed by atoms with Gasteiger partial charge < -0.3 is 9.47 Å². The van der Waals surface area contributed by atoms with E-state index in [2.05, 4.69) is 0 Å². The molecule has 0 aliphatic carbocycles. The first-order valence-electron chi connectivity index (χ1n) is 7.47. The minimum Gasteiger partial charge on any atom is -0.468 e. The van der Waals surface area contributed by atoms with Crippen molar-refractivity contribution < 1.29 is 19.1 Å². The lowest BCUT2D eigenvalue weighted by Gasteiger charge is -2.22. The average molecular weight is 328 g/mol. The summed E-state index contributed by atoms with van der Waals surface area (Å²) < 4.78 is 10.9. The van der Waals surface area contributed by atoms with Gasteiger partial charge in [0.05, 0.1) is 31.5 Å². The van der Waals surface area contributed by atoms with Crippen LogP contribution in [0, 0.1) is 11.3 Å². The number of nitriles is 1. The van der Waals surface area contributed by atoms with E-state index in [4.69, 9.17) is 9.47 Å². The number of para-hydroxylation sites is 1. The van der Waals surface area contributed by atoms with Gasteiger partial charge in [-0.1, -0.05) is 39.0 Å². The standard InChI is InChI=1S/C18H20N2O4/c1-18(2,3)14-11-8-6-7-9-13(11)20(17(22)24-5)15(14)12(10-19)16(21)23-4/h6-9,12H,1-5H3. The summed E-state index contributed by atoms with van der Waals surface area (Å²) >= 11 is 0. The number of methoxy groups -OCH3 is 2. The lowest BCUT2D eigenvalue weighted by molar-refractivity contribution is -0.141. The Labute approximate surface area is 140 Å². The minimum absolute atomic E-state index is 0.296. The van der Waals surface area contributed by atoms with E-state index in [1.54, 1.807) is 12.1 Å². The van der Waals surface area contributed by atoms with Crippen molar-refractivity contribution in [2.24, 2.45) is 0 Å². The number of fused-ring (bicyclic) bond motifs is 1. The lowest BCUT2D eigenvalue weighted by Crippen LogP contribution is -2.25. The molecule has 1 aromatic carbocycles. The average Bonchev–Trinajstić information content (AvgIpc) is 2.89. The van der Waals surface area contributed by atoms with Gasteiger partial charge in [-0.25, -0.2) is 9.36 Å². The summed E-state index contributed by atoms with van der Waals surface area (Å²) in [5.41, 5.74) is 1.23. The molecular formula is C18H20N2O4. The molecule has 6 nitrogen and oxygen atoms in total. The Morgan fingerprint density at radius 1 is 1.17 bits per heavy atom. The topological polar surface area (TPSA) is 81.3 Å². The summed E-state index contributed by atoms with van der Waals surface area (Å²) in [6.45, 7) is 5.89. The normalized spacial score (nSPS) is 12.5. The van der Waals surface area contributed by atoms with Gasteiger partial charge in [-0.2, -0.15) is 5.26 Å². The Morgan fingerprint density at radius 3 is 2.29 bits per heavy atom. The van der Waals surface area contributed by atoms with Crippen LogP contribution in [-0.2, 0) is 19.7 Å². The molecule has 0 radical (unpaired) electrons. The third kappa shape index (κ3) is 2.73. The van der Waals surface area contributed by atoms with E-state index in [0.29, 0.717) is 11.2 Å². The van der Waals surface area contributed by atoms with E-state index >= 15 is 0 Å². The Kier molecular flexibility index (Phi) is 4.65. The van der Waals surface area contributed by atoms with E-state index in [-0.39, 0.29) is 0 Å². The van der Waals surface area contributed by atoms with Crippen LogP contribution in [-0.4, -0.2) is 30.8 Å². The molecule has 0 amide bonds. The summed E-state index contributed by atoms with van der Waals surface area (Å²) in [7, 11) is 2.48. The van der Waals surface area contributed by atoms with Gasteiger partial charge >= 0.3 is 12.1 Å². The van der Waals surface area contributed by atoms with E-state index in [0.717, 1.165) is 10.9 Å². The van der Waals surface area contributed by atoms with Crippen LogP contribution in [0.25, 0.3) is 10.9 Å². The summed E-state index contributed by atoms with van der Waals surface area (Å²) in [6.07, 6.45) is -0.652. The lowest BCUT2D eigenvalue weighted by atomic mass is 9.82. The summed E-state index contributed by atoms with van der Waals surface area (Å²) in [6, 6.07) is 9.22. The van der Waals surface area contributed by atoms with Crippen molar-refractivity contribution in [2.75, 3.05) is 14.2 Å². The third-order valence-electron chi connectivity index (χ3n) is 3.86. The highest BCUT2D eigenvalue weighted by molar-refractivity contribution is 5.97. The predicted molar refractivity (Wildman–Crippen MR) is 88.8 cm³/mol. The van der Waals surface area contributed by atoms with Crippen LogP contribution in [0.1, 0.15) is 37.9 Å². The van der Waals surface area contributed by atoms with Gasteiger partial charge in [0, 0.05) is 5.39 Å². The fourth-order valence-electron chi connectivity index (χ4n) is 2.95. The van der Waals surface area contributed by atoms with Crippen molar-refractivity contribution in [3.8, 4) is 6.07 Å². The van der Waals surface area contributed by atoms with Crippen molar-refractivity contribution in [3.05, 3.63) is 35.5 Å². The second-order valence-electron chi connectivity index (χ2n) is 6.42. The number of carbonyl (C=O) groups is 2. The fourth-order valence-corrected chi connectivity index (χ4v) is 2.95. The number of hydrogen-bond donors (Lipinski definition) is 0. The number of ether oxygens (including phenoxy) is 2. The van der Waals surface area contributed by atoms with Gasteiger partial charge in [0.15, 0.2) is 5.92 Å². The Hall–Kier alpha value is -2.81. The zero-order valence-electron chi connectivity index (χ0n) is 14.4. The maximum Gasteiger partial charge on any atom is 0.418 e. The second-order valence-corrected chi connectivity index (χ2v) is 6.42. The van der Waals surface area contributed by atoms with Crippen LogP contribution in [0.3, 0.4) is 0 Å².